The smallest absolute Gasteiger partial charge is 0.202 e. The van der Waals surface area contributed by atoms with Gasteiger partial charge in [-0.3, -0.25) is 0 Å². The average molecular weight is 278 g/mol. The first-order chi connectivity index (χ1) is 9.35. The van der Waals surface area contributed by atoms with Crippen molar-refractivity contribution in [2.45, 2.75) is 58.8 Å². The van der Waals surface area contributed by atoms with E-state index in [0.717, 1.165) is 24.8 Å². The van der Waals surface area contributed by atoms with Gasteiger partial charge in [-0.1, -0.05) is 49.2 Å². The van der Waals surface area contributed by atoms with E-state index in [2.05, 4.69) is 19.1 Å². The van der Waals surface area contributed by atoms with E-state index in [1.165, 1.54) is 5.56 Å². The van der Waals surface area contributed by atoms with Crippen molar-refractivity contribution in [2.75, 3.05) is 0 Å². The number of rotatable bonds is 2. The van der Waals surface area contributed by atoms with E-state index >= 15 is 0 Å². The first-order valence-electron chi connectivity index (χ1n) is 7.45. The second-order valence-electron chi connectivity index (χ2n) is 6.38. The van der Waals surface area contributed by atoms with Gasteiger partial charge in [0.2, 0.25) is 0 Å². The summed E-state index contributed by atoms with van der Waals surface area (Å²) in [6, 6.07) is 10.2. The normalized spacial score (nSPS) is 27.1. The molecule has 0 saturated carbocycles. The average Bonchev–Trinajstić information content (AvgIpc) is 2.42. The van der Waals surface area contributed by atoms with E-state index in [1.807, 2.05) is 25.1 Å². The predicted octanol–water partition coefficient (Wildman–Crippen LogP) is 5.78. The van der Waals surface area contributed by atoms with E-state index < -0.39 is 5.92 Å². The van der Waals surface area contributed by atoms with Crippen LogP contribution < -0.4 is 0 Å². The molecule has 0 heterocycles. The van der Waals surface area contributed by atoms with Gasteiger partial charge in [0.25, 0.3) is 5.92 Å². The van der Waals surface area contributed by atoms with Gasteiger partial charge in [0, 0.05) is 6.42 Å². The summed E-state index contributed by atoms with van der Waals surface area (Å²) in [6.07, 6.45) is 3.32. The van der Waals surface area contributed by atoms with Gasteiger partial charge in [-0.25, -0.2) is 8.78 Å². The van der Waals surface area contributed by atoms with Crippen LogP contribution >= 0.6 is 0 Å². The van der Waals surface area contributed by atoms with Crippen LogP contribution in [0.4, 0.5) is 8.78 Å². The summed E-state index contributed by atoms with van der Waals surface area (Å²) in [4.78, 5) is 0. The number of benzene rings is 1. The van der Waals surface area contributed by atoms with Crippen LogP contribution in [0.2, 0.25) is 0 Å². The summed E-state index contributed by atoms with van der Waals surface area (Å²) in [6.45, 7) is 5.65. The summed E-state index contributed by atoms with van der Waals surface area (Å²) in [7, 11) is 0. The molecule has 2 rings (SSSR count). The van der Waals surface area contributed by atoms with Gasteiger partial charge in [-0.05, 0) is 49.7 Å². The molecule has 0 aromatic heterocycles. The first-order valence-corrected chi connectivity index (χ1v) is 7.45. The molecule has 1 unspecified atom stereocenters. The fourth-order valence-electron chi connectivity index (χ4n) is 3.23. The van der Waals surface area contributed by atoms with Crippen LogP contribution in [0.5, 0.6) is 0 Å². The molecule has 0 nitrogen and oxygen atoms in total. The lowest BCUT2D eigenvalue weighted by Crippen LogP contribution is -2.29. The maximum Gasteiger partial charge on any atom is 0.269 e. The second-order valence-corrected chi connectivity index (χ2v) is 6.38. The number of halogens is 2. The zero-order chi connectivity index (χ0) is 14.8. The Labute approximate surface area is 120 Å². The lowest BCUT2D eigenvalue weighted by molar-refractivity contribution is 0.0226. The van der Waals surface area contributed by atoms with Crippen molar-refractivity contribution in [3.05, 3.63) is 47.0 Å². The molecule has 110 valence electrons. The molecule has 1 atom stereocenters. The summed E-state index contributed by atoms with van der Waals surface area (Å²) in [5.41, 5.74) is 2.24. The highest BCUT2D eigenvalue weighted by Gasteiger charge is 2.39. The third kappa shape index (κ3) is 3.11. The number of hydrogen-bond donors (Lipinski definition) is 0. The van der Waals surface area contributed by atoms with Crippen molar-refractivity contribution >= 4 is 0 Å². The molecule has 0 aliphatic heterocycles. The molecule has 1 aromatic rings. The minimum absolute atomic E-state index is 0.00239. The molecule has 1 aromatic carbocycles. The summed E-state index contributed by atoms with van der Waals surface area (Å²) >= 11 is 0. The zero-order valence-electron chi connectivity index (χ0n) is 12.7. The van der Waals surface area contributed by atoms with Crippen LogP contribution in [-0.4, -0.2) is 5.92 Å². The van der Waals surface area contributed by atoms with Crippen LogP contribution in [0, 0.1) is 5.41 Å². The van der Waals surface area contributed by atoms with Gasteiger partial charge in [-0.15, -0.1) is 0 Å². The molecule has 0 radical (unpaired) electrons. The standard InChI is InChI=1S/C18H24F2/c1-14-15(2)18(19,20)12-8-7-11-17(14,3)13-16-9-5-4-6-10-16/h4-6,9-10H,7-8,11-13H2,1-3H3. The quantitative estimate of drug-likeness (QED) is 0.601. The number of allylic oxidation sites excluding steroid dienone is 2. The SMILES string of the molecule is CC1=C(C)C(C)(Cc2ccccc2)CCCCC1(F)F. The highest BCUT2D eigenvalue weighted by atomic mass is 19.3. The van der Waals surface area contributed by atoms with Gasteiger partial charge in [0.15, 0.2) is 0 Å². The molecule has 1 aliphatic carbocycles. The minimum Gasteiger partial charge on any atom is -0.202 e. The molecule has 1 aliphatic rings. The van der Waals surface area contributed by atoms with Crippen LogP contribution in [0.15, 0.2) is 41.5 Å². The Kier molecular flexibility index (Phi) is 4.31. The van der Waals surface area contributed by atoms with Crippen LogP contribution in [-0.2, 0) is 6.42 Å². The molecule has 0 spiro atoms. The monoisotopic (exact) mass is 278 g/mol. The molecular formula is C18H24F2. The Morgan fingerprint density at radius 1 is 0.950 bits per heavy atom. The van der Waals surface area contributed by atoms with Crippen molar-refractivity contribution < 1.29 is 8.78 Å². The van der Waals surface area contributed by atoms with E-state index in [4.69, 9.17) is 0 Å². The van der Waals surface area contributed by atoms with Gasteiger partial charge in [0.05, 0.1) is 0 Å². The lowest BCUT2D eigenvalue weighted by Gasteiger charge is -2.36. The number of hydrogen-bond acceptors (Lipinski definition) is 0. The van der Waals surface area contributed by atoms with Crippen LogP contribution in [0.1, 0.15) is 52.0 Å². The molecule has 0 amide bonds. The highest BCUT2D eigenvalue weighted by molar-refractivity contribution is 5.28. The summed E-state index contributed by atoms with van der Waals surface area (Å²) < 4.78 is 28.2. The van der Waals surface area contributed by atoms with Crippen LogP contribution in [0.3, 0.4) is 0 Å². The first kappa shape index (κ1) is 15.2. The summed E-state index contributed by atoms with van der Waals surface area (Å²) in [5.74, 6) is -2.64. The van der Waals surface area contributed by atoms with E-state index in [-0.39, 0.29) is 17.4 Å². The largest absolute Gasteiger partial charge is 0.269 e. The Morgan fingerprint density at radius 2 is 1.55 bits per heavy atom. The molecule has 0 bridgehead atoms. The van der Waals surface area contributed by atoms with E-state index in [0.29, 0.717) is 6.42 Å². The predicted molar refractivity (Wildman–Crippen MR) is 80.0 cm³/mol. The van der Waals surface area contributed by atoms with Crippen LogP contribution in [0.25, 0.3) is 0 Å². The van der Waals surface area contributed by atoms with Gasteiger partial charge in [-0.2, -0.15) is 0 Å². The topological polar surface area (TPSA) is 0 Å². The Morgan fingerprint density at radius 3 is 2.20 bits per heavy atom. The fraction of sp³-hybridized carbons (Fsp3) is 0.556. The highest BCUT2D eigenvalue weighted by Crippen LogP contribution is 2.45. The third-order valence-electron chi connectivity index (χ3n) is 4.92. The van der Waals surface area contributed by atoms with Gasteiger partial charge >= 0.3 is 0 Å². The molecule has 20 heavy (non-hydrogen) atoms. The molecule has 2 heteroatoms. The van der Waals surface area contributed by atoms with E-state index in [1.54, 1.807) is 6.92 Å². The summed E-state index contributed by atoms with van der Waals surface area (Å²) in [5, 5.41) is 0. The van der Waals surface area contributed by atoms with Crippen molar-refractivity contribution in [2.24, 2.45) is 5.41 Å². The van der Waals surface area contributed by atoms with E-state index in [9.17, 15) is 8.78 Å². The van der Waals surface area contributed by atoms with Crippen molar-refractivity contribution in [3.63, 3.8) is 0 Å². The van der Waals surface area contributed by atoms with Gasteiger partial charge < -0.3 is 0 Å². The second kappa shape index (κ2) is 5.67. The Bertz CT molecular complexity index is 487. The van der Waals surface area contributed by atoms with Crippen molar-refractivity contribution in [1.29, 1.82) is 0 Å². The Balaban J connectivity index is 2.36. The lowest BCUT2D eigenvalue weighted by atomic mass is 9.70. The van der Waals surface area contributed by atoms with Crippen molar-refractivity contribution in [3.8, 4) is 0 Å². The minimum atomic E-state index is -2.64. The number of alkyl halides is 2. The maximum atomic E-state index is 14.1. The molecular weight excluding hydrogens is 254 g/mol. The van der Waals surface area contributed by atoms with Crippen molar-refractivity contribution in [1.82, 2.24) is 0 Å². The molecule has 0 fully saturated rings. The maximum absolute atomic E-state index is 14.1. The fourth-order valence-corrected chi connectivity index (χ4v) is 3.23. The molecule has 0 N–H and O–H groups in total. The third-order valence-corrected chi connectivity index (χ3v) is 4.92. The zero-order valence-corrected chi connectivity index (χ0v) is 12.7. The van der Waals surface area contributed by atoms with Gasteiger partial charge in [0.1, 0.15) is 0 Å². The molecule has 0 saturated heterocycles. The Hall–Kier alpha value is -1.18.